The zero-order valence-electron chi connectivity index (χ0n) is 20.5. The van der Waals surface area contributed by atoms with Gasteiger partial charge in [-0.25, -0.2) is 0 Å². The largest absolute Gasteiger partial charge is 0.451 e. The van der Waals surface area contributed by atoms with E-state index in [2.05, 4.69) is 15.5 Å². The molecule has 0 radical (unpaired) electrons. The highest BCUT2D eigenvalue weighted by atomic mass is 32.1. The van der Waals surface area contributed by atoms with Crippen molar-refractivity contribution in [3.8, 4) is 11.3 Å². The van der Waals surface area contributed by atoms with Crippen LogP contribution in [0, 0.1) is 16.0 Å². The smallest absolute Gasteiger partial charge is 0.293 e. The number of nitro benzene ring substituents is 1. The number of para-hydroxylation sites is 2. The van der Waals surface area contributed by atoms with Crippen molar-refractivity contribution < 1.29 is 18.9 Å². The van der Waals surface area contributed by atoms with Gasteiger partial charge in [-0.2, -0.15) is 0 Å². The zero-order valence-corrected chi connectivity index (χ0v) is 21.3. The summed E-state index contributed by atoms with van der Waals surface area (Å²) in [7, 11) is 0. The summed E-state index contributed by atoms with van der Waals surface area (Å²) < 4.78 is 5.62. The van der Waals surface area contributed by atoms with Crippen molar-refractivity contribution in [2.45, 2.75) is 13.8 Å². The van der Waals surface area contributed by atoms with Crippen molar-refractivity contribution in [3.63, 3.8) is 0 Å². The van der Waals surface area contributed by atoms with Gasteiger partial charge in [-0.1, -0.05) is 38.1 Å². The number of non-ortho nitro benzene ring substituents is 1. The van der Waals surface area contributed by atoms with E-state index in [1.807, 2.05) is 43.0 Å². The minimum atomic E-state index is -0.549. The Morgan fingerprint density at radius 1 is 1.03 bits per heavy atom. The van der Waals surface area contributed by atoms with E-state index in [-0.39, 0.29) is 28.4 Å². The molecule has 1 saturated heterocycles. The third kappa shape index (κ3) is 6.12. The van der Waals surface area contributed by atoms with Crippen LogP contribution in [0.15, 0.2) is 65.1 Å². The predicted molar refractivity (Wildman–Crippen MR) is 145 cm³/mol. The standard InChI is InChI=1S/C26H27N5O5S/c1-17(2)25(33)30-14-12-29(13-15-30)21-9-4-3-8-20(21)27-26(37)28-24(32)23-11-10-22(36-23)18-6-5-7-19(16-18)31(34)35/h3-11,16-17H,12-15H2,1-2H3,(H2,27,28,32,37). The van der Waals surface area contributed by atoms with Crippen LogP contribution in [0.25, 0.3) is 11.3 Å². The molecule has 2 amide bonds. The first-order chi connectivity index (χ1) is 17.7. The third-order valence-corrected chi connectivity index (χ3v) is 6.18. The van der Waals surface area contributed by atoms with Crippen molar-refractivity contribution in [3.05, 3.63) is 76.5 Å². The molecular formula is C26H27N5O5S. The molecule has 1 fully saturated rings. The second-order valence-electron chi connectivity index (χ2n) is 8.86. The van der Waals surface area contributed by atoms with E-state index < -0.39 is 10.8 Å². The van der Waals surface area contributed by atoms with E-state index in [1.54, 1.807) is 18.2 Å². The lowest BCUT2D eigenvalue weighted by Gasteiger charge is -2.37. The van der Waals surface area contributed by atoms with Gasteiger partial charge in [0.05, 0.1) is 16.3 Å². The van der Waals surface area contributed by atoms with Gasteiger partial charge in [0.2, 0.25) is 5.91 Å². The molecule has 2 aromatic carbocycles. The summed E-state index contributed by atoms with van der Waals surface area (Å²) in [5, 5.41) is 16.8. The van der Waals surface area contributed by atoms with Gasteiger partial charge in [0.25, 0.3) is 11.6 Å². The minimum Gasteiger partial charge on any atom is -0.451 e. The van der Waals surface area contributed by atoms with Crippen LogP contribution in [-0.2, 0) is 4.79 Å². The molecule has 0 bridgehead atoms. The number of piperazine rings is 1. The van der Waals surface area contributed by atoms with Crippen LogP contribution in [0.5, 0.6) is 0 Å². The van der Waals surface area contributed by atoms with Crippen molar-refractivity contribution in [1.29, 1.82) is 0 Å². The Kier molecular flexibility index (Phi) is 7.83. The van der Waals surface area contributed by atoms with E-state index in [9.17, 15) is 19.7 Å². The number of amides is 2. The number of furan rings is 1. The number of anilines is 2. The first kappa shape index (κ1) is 25.8. The van der Waals surface area contributed by atoms with Gasteiger partial charge in [0.15, 0.2) is 10.9 Å². The van der Waals surface area contributed by atoms with Crippen LogP contribution in [0.2, 0.25) is 0 Å². The van der Waals surface area contributed by atoms with Crippen molar-refractivity contribution >= 4 is 46.2 Å². The topological polar surface area (TPSA) is 121 Å². The number of benzene rings is 2. The lowest BCUT2D eigenvalue weighted by molar-refractivity contribution is -0.384. The lowest BCUT2D eigenvalue weighted by Crippen LogP contribution is -2.50. The molecule has 37 heavy (non-hydrogen) atoms. The fraction of sp³-hybridized carbons (Fsp3) is 0.269. The molecule has 2 heterocycles. The Hall–Kier alpha value is -4.25. The summed E-state index contributed by atoms with van der Waals surface area (Å²) >= 11 is 5.37. The zero-order chi connectivity index (χ0) is 26.5. The van der Waals surface area contributed by atoms with Gasteiger partial charge in [-0.15, -0.1) is 0 Å². The summed E-state index contributed by atoms with van der Waals surface area (Å²) in [4.78, 5) is 39.6. The Labute approximate surface area is 219 Å². The van der Waals surface area contributed by atoms with Crippen LogP contribution in [0.4, 0.5) is 17.1 Å². The molecule has 4 rings (SSSR count). The second-order valence-corrected chi connectivity index (χ2v) is 9.27. The maximum Gasteiger partial charge on any atom is 0.293 e. The molecule has 0 spiro atoms. The number of nitrogens with one attached hydrogen (secondary N) is 2. The van der Waals surface area contributed by atoms with Crippen LogP contribution in [-0.4, -0.2) is 52.9 Å². The van der Waals surface area contributed by atoms with E-state index in [0.29, 0.717) is 37.5 Å². The summed E-state index contributed by atoms with van der Waals surface area (Å²) in [6, 6.07) is 16.6. The second kappa shape index (κ2) is 11.2. The first-order valence-electron chi connectivity index (χ1n) is 11.8. The number of carbonyl (C=O) groups is 2. The Balaban J connectivity index is 1.39. The van der Waals surface area contributed by atoms with Gasteiger partial charge in [-0.05, 0) is 36.5 Å². The van der Waals surface area contributed by atoms with Gasteiger partial charge in [0, 0.05) is 49.8 Å². The molecule has 0 aliphatic carbocycles. The summed E-state index contributed by atoms with van der Waals surface area (Å²) in [6.45, 7) is 6.45. The quantitative estimate of drug-likeness (QED) is 0.280. The SMILES string of the molecule is CC(C)C(=O)N1CCN(c2ccccc2NC(=S)NC(=O)c2ccc(-c3cccc([N+](=O)[O-])c3)o2)CC1. The normalized spacial score (nSPS) is 13.4. The molecule has 3 aromatic rings. The van der Waals surface area contributed by atoms with Crippen molar-refractivity contribution in [2.24, 2.45) is 5.92 Å². The number of carbonyl (C=O) groups excluding carboxylic acids is 2. The highest BCUT2D eigenvalue weighted by molar-refractivity contribution is 7.80. The summed E-state index contributed by atoms with van der Waals surface area (Å²) in [6.07, 6.45) is 0. The van der Waals surface area contributed by atoms with Crippen molar-refractivity contribution in [2.75, 3.05) is 36.4 Å². The third-order valence-electron chi connectivity index (χ3n) is 5.98. The Bertz CT molecular complexity index is 1330. The van der Waals surface area contributed by atoms with Crippen molar-refractivity contribution in [1.82, 2.24) is 10.2 Å². The van der Waals surface area contributed by atoms with E-state index in [1.165, 1.54) is 18.2 Å². The molecule has 1 aromatic heterocycles. The van der Waals surface area contributed by atoms with Gasteiger partial charge in [0.1, 0.15) is 5.76 Å². The average Bonchev–Trinajstić information content (AvgIpc) is 3.39. The molecular weight excluding hydrogens is 494 g/mol. The Morgan fingerprint density at radius 2 is 1.76 bits per heavy atom. The number of hydrogen-bond acceptors (Lipinski definition) is 7. The van der Waals surface area contributed by atoms with E-state index >= 15 is 0 Å². The summed E-state index contributed by atoms with van der Waals surface area (Å²) in [5.74, 6) is -0.0787. The number of hydrogen-bond donors (Lipinski definition) is 2. The number of rotatable bonds is 6. The lowest BCUT2D eigenvalue weighted by atomic mass is 10.1. The monoisotopic (exact) mass is 521 g/mol. The average molecular weight is 522 g/mol. The maximum atomic E-state index is 12.7. The highest BCUT2D eigenvalue weighted by Gasteiger charge is 2.24. The van der Waals surface area contributed by atoms with Crippen LogP contribution in [0.3, 0.4) is 0 Å². The molecule has 192 valence electrons. The van der Waals surface area contributed by atoms with Crippen LogP contribution >= 0.6 is 12.2 Å². The molecule has 2 N–H and O–H groups in total. The Morgan fingerprint density at radius 3 is 2.46 bits per heavy atom. The minimum absolute atomic E-state index is 0.0184. The first-order valence-corrected chi connectivity index (χ1v) is 12.2. The molecule has 0 atom stereocenters. The fourth-order valence-corrected chi connectivity index (χ4v) is 4.30. The molecule has 0 saturated carbocycles. The van der Waals surface area contributed by atoms with E-state index in [0.717, 1.165) is 11.4 Å². The van der Waals surface area contributed by atoms with Gasteiger partial charge in [-0.3, -0.25) is 25.0 Å². The van der Waals surface area contributed by atoms with Gasteiger partial charge < -0.3 is 19.5 Å². The molecule has 1 aliphatic heterocycles. The number of nitrogens with zero attached hydrogens (tertiary/aromatic N) is 3. The number of thiocarbonyl (C=S) groups is 1. The molecule has 1 aliphatic rings. The maximum absolute atomic E-state index is 12.7. The predicted octanol–water partition coefficient (Wildman–Crippen LogP) is 4.29. The summed E-state index contributed by atoms with van der Waals surface area (Å²) in [5.41, 5.74) is 2.06. The molecule has 11 heteroatoms. The van der Waals surface area contributed by atoms with E-state index in [4.69, 9.17) is 16.6 Å². The van der Waals surface area contributed by atoms with Crippen LogP contribution in [0.1, 0.15) is 24.4 Å². The molecule has 10 nitrogen and oxygen atoms in total. The van der Waals surface area contributed by atoms with Crippen LogP contribution < -0.4 is 15.5 Å². The molecule has 0 unspecified atom stereocenters. The fourth-order valence-electron chi connectivity index (χ4n) is 4.09. The number of nitro groups is 1. The highest BCUT2D eigenvalue weighted by Crippen LogP contribution is 2.28. The van der Waals surface area contributed by atoms with Gasteiger partial charge >= 0.3 is 0 Å².